The van der Waals surface area contributed by atoms with E-state index in [1.807, 2.05) is 19.2 Å². The molecule has 0 heterocycles. The lowest BCUT2D eigenvalue weighted by molar-refractivity contribution is 0.390. The molecule has 0 aliphatic carbocycles. The van der Waals surface area contributed by atoms with Crippen molar-refractivity contribution in [1.29, 1.82) is 0 Å². The third-order valence-corrected chi connectivity index (χ3v) is 3.81. The molecule has 0 bridgehead atoms. The Kier molecular flexibility index (Phi) is 6.47. The average Bonchev–Trinajstić information content (AvgIpc) is 2.29. The van der Waals surface area contributed by atoms with Gasteiger partial charge < -0.3 is 10.1 Å². The van der Waals surface area contributed by atoms with Crippen LogP contribution in [0.5, 0.6) is 5.75 Å². The first-order chi connectivity index (χ1) is 8.49. The van der Waals surface area contributed by atoms with Gasteiger partial charge in [-0.25, -0.2) is 0 Å². The molecule has 1 rings (SSSR count). The molecule has 1 unspecified atom stereocenters. The number of nitrogens with one attached hydrogen (secondary N) is 1. The Morgan fingerprint density at radius 3 is 2.50 bits per heavy atom. The highest BCUT2D eigenvalue weighted by Gasteiger charge is 2.18. The maximum atomic E-state index is 6.13. The first-order valence-electron chi connectivity index (χ1n) is 6.19. The van der Waals surface area contributed by atoms with E-state index in [9.17, 15) is 0 Å². The number of rotatable bonds is 6. The molecule has 0 saturated heterocycles. The molecule has 0 radical (unpaired) electrons. The van der Waals surface area contributed by atoms with Gasteiger partial charge >= 0.3 is 0 Å². The van der Waals surface area contributed by atoms with Gasteiger partial charge in [0, 0.05) is 16.6 Å². The number of methoxy groups -OCH3 is 1. The molecule has 0 aliphatic heterocycles. The molecule has 0 saturated carbocycles. The Morgan fingerprint density at radius 1 is 1.33 bits per heavy atom. The number of ether oxygens (including phenoxy) is 1. The summed E-state index contributed by atoms with van der Waals surface area (Å²) in [6.45, 7) is 4.47. The van der Waals surface area contributed by atoms with E-state index >= 15 is 0 Å². The zero-order chi connectivity index (χ0) is 13.7. The molecule has 2 nitrogen and oxygen atoms in total. The molecule has 1 aromatic rings. The van der Waals surface area contributed by atoms with Crippen LogP contribution in [0.15, 0.2) is 16.6 Å². The zero-order valence-electron chi connectivity index (χ0n) is 11.4. The van der Waals surface area contributed by atoms with Crippen molar-refractivity contribution in [2.45, 2.75) is 32.7 Å². The predicted molar refractivity (Wildman–Crippen MR) is 81.6 cm³/mol. The molecule has 1 N–H and O–H groups in total. The summed E-state index contributed by atoms with van der Waals surface area (Å²) in [4.78, 5) is 0. The minimum atomic E-state index is 0.261. The van der Waals surface area contributed by atoms with Gasteiger partial charge in [-0.1, -0.05) is 25.4 Å². The number of halogens is 2. The Hall–Kier alpha value is -0.250. The normalized spacial score (nSPS) is 12.8. The molecule has 0 fully saturated rings. The molecular weight excluding hydrogens is 314 g/mol. The second-order valence-electron chi connectivity index (χ2n) is 4.82. The summed E-state index contributed by atoms with van der Waals surface area (Å²) in [5.41, 5.74) is 1.11. The largest absolute Gasteiger partial charge is 0.495 e. The Balaban J connectivity index is 3.03. The van der Waals surface area contributed by atoms with E-state index in [-0.39, 0.29) is 6.04 Å². The van der Waals surface area contributed by atoms with E-state index in [0.717, 1.165) is 27.2 Å². The lowest BCUT2D eigenvalue weighted by Crippen LogP contribution is -2.18. The molecule has 0 aliphatic rings. The van der Waals surface area contributed by atoms with Gasteiger partial charge in [0.15, 0.2) is 0 Å². The van der Waals surface area contributed by atoms with Crippen molar-refractivity contribution < 1.29 is 4.74 Å². The maximum absolute atomic E-state index is 6.13. The van der Waals surface area contributed by atoms with Gasteiger partial charge in [-0.15, -0.1) is 0 Å². The van der Waals surface area contributed by atoms with Crippen LogP contribution in [0.25, 0.3) is 0 Å². The van der Waals surface area contributed by atoms with Crippen LogP contribution in [0.2, 0.25) is 5.02 Å². The zero-order valence-corrected chi connectivity index (χ0v) is 13.7. The summed E-state index contributed by atoms with van der Waals surface area (Å²) >= 11 is 9.63. The van der Waals surface area contributed by atoms with Gasteiger partial charge in [0.25, 0.3) is 0 Å². The number of benzene rings is 1. The van der Waals surface area contributed by atoms with Crippen LogP contribution in [0.1, 0.15) is 38.3 Å². The molecule has 0 aromatic heterocycles. The van der Waals surface area contributed by atoms with Crippen molar-refractivity contribution in [3.8, 4) is 5.75 Å². The summed E-state index contributed by atoms with van der Waals surface area (Å²) in [5.74, 6) is 1.55. The van der Waals surface area contributed by atoms with Gasteiger partial charge in [-0.3, -0.25) is 0 Å². The van der Waals surface area contributed by atoms with Crippen molar-refractivity contribution in [2.75, 3.05) is 14.2 Å². The molecule has 4 heteroatoms. The van der Waals surface area contributed by atoms with Gasteiger partial charge in [0.2, 0.25) is 0 Å². The first-order valence-corrected chi connectivity index (χ1v) is 7.36. The summed E-state index contributed by atoms with van der Waals surface area (Å²) in [5, 5.41) is 4.07. The molecule has 18 heavy (non-hydrogen) atoms. The second-order valence-corrected chi connectivity index (χ2v) is 6.11. The Morgan fingerprint density at radius 2 is 2.00 bits per heavy atom. The standard InChI is InChI=1S/C14H21BrClNO/c1-9(2)5-6-13(17-3)11-7-10(16)8-12(15)14(11)18-4/h7-9,13,17H,5-6H2,1-4H3. The minimum Gasteiger partial charge on any atom is -0.495 e. The lowest BCUT2D eigenvalue weighted by Gasteiger charge is -2.21. The van der Waals surface area contributed by atoms with E-state index in [4.69, 9.17) is 16.3 Å². The topological polar surface area (TPSA) is 21.3 Å². The summed E-state index contributed by atoms with van der Waals surface area (Å²) < 4.78 is 6.38. The van der Waals surface area contributed by atoms with Crippen molar-refractivity contribution in [2.24, 2.45) is 5.92 Å². The van der Waals surface area contributed by atoms with Crippen LogP contribution < -0.4 is 10.1 Å². The third-order valence-electron chi connectivity index (χ3n) is 3.00. The second kappa shape index (κ2) is 7.37. The Bertz CT molecular complexity index is 396. The van der Waals surface area contributed by atoms with Crippen molar-refractivity contribution in [3.05, 3.63) is 27.2 Å². The molecule has 1 atom stereocenters. The van der Waals surface area contributed by atoms with Crippen LogP contribution in [0.4, 0.5) is 0 Å². The fourth-order valence-electron chi connectivity index (χ4n) is 2.01. The summed E-state index contributed by atoms with van der Waals surface area (Å²) in [6.07, 6.45) is 2.23. The quantitative estimate of drug-likeness (QED) is 0.806. The van der Waals surface area contributed by atoms with E-state index < -0.39 is 0 Å². The van der Waals surface area contributed by atoms with Crippen LogP contribution in [0.3, 0.4) is 0 Å². The van der Waals surface area contributed by atoms with Gasteiger partial charge in [0.05, 0.1) is 11.6 Å². The van der Waals surface area contributed by atoms with Crippen molar-refractivity contribution >= 4 is 27.5 Å². The van der Waals surface area contributed by atoms with Gasteiger partial charge in [-0.2, -0.15) is 0 Å². The highest BCUT2D eigenvalue weighted by Crippen LogP contribution is 2.37. The van der Waals surface area contributed by atoms with Gasteiger partial charge in [0.1, 0.15) is 5.75 Å². The smallest absolute Gasteiger partial charge is 0.137 e. The maximum Gasteiger partial charge on any atom is 0.137 e. The fraction of sp³-hybridized carbons (Fsp3) is 0.571. The van der Waals surface area contributed by atoms with Gasteiger partial charge in [-0.05, 0) is 53.9 Å². The number of hydrogen-bond donors (Lipinski definition) is 1. The third kappa shape index (κ3) is 4.15. The summed E-state index contributed by atoms with van der Waals surface area (Å²) in [7, 11) is 3.66. The molecule has 1 aromatic carbocycles. The van der Waals surface area contributed by atoms with E-state index in [2.05, 4.69) is 35.1 Å². The molecule has 0 amide bonds. The lowest BCUT2D eigenvalue weighted by atomic mass is 9.97. The van der Waals surface area contributed by atoms with E-state index in [1.54, 1.807) is 7.11 Å². The highest BCUT2D eigenvalue weighted by molar-refractivity contribution is 9.10. The molecular formula is C14H21BrClNO. The SMILES string of the molecule is CNC(CCC(C)C)c1cc(Cl)cc(Br)c1OC. The van der Waals surface area contributed by atoms with E-state index in [0.29, 0.717) is 5.92 Å². The van der Waals surface area contributed by atoms with Crippen LogP contribution in [-0.2, 0) is 0 Å². The van der Waals surface area contributed by atoms with Crippen LogP contribution >= 0.6 is 27.5 Å². The van der Waals surface area contributed by atoms with Crippen molar-refractivity contribution in [3.63, 3.8) is 0 Å². The fourth-order valence-corrected chi connectivity index (χ4v) is 3.01. The monoisotopic (exact) mass is 333 g/mol. The summed E-state index contributed by atoms with van der Waals surface area (Å²) in [6, 6.07) is 4.10. The predicted octanol–water partition coefficient (Wildman–Crippen LogP) is 4.81. The number of hydrogen-bond acceptors (Lipinski definition) is 2. The van der Waals surface area contributed by atoms with Crippen LogP contribution in [-0.4, -0.2) is 14.2 Å². The van der Waals surface area contributed by atoms with Crippen molar-refractivity contribution in [1.82, 2.24) is 5.32 Å². The highest BCUT2D eigenvalue weighted by atomic mass is 79.9. The van der Waals surface area contributed by atoms with E-state index in [1.165, 1.54) is 6.42 Å². The van der Waals surface area contributed by atoms with Crippen LogP contribution in [0, 0.1) is 5.92 Å². The molecule has 102 valence electrons. The first kappa shape index (κ1) is 15.8. The Labute approximate surface area is 123 Å². The average molecular weight is 335 g/mol. The molecule has 0 spiro atoms. The minimum absolute atomic E-state index is 0.261.